The SMILES string of the molecule is CN=C(NCc1cccc(OCCCOC)c1)Nc1ccc2c(c1)OCCCO2. The zero-order valence-corrected chi connectivity index (χ0v) is 17.1. The fourth-order valence-corrected chi connectivity index (χ4v) is 2.88. The molecule has 0 aromatic heterocycles. The van der Waals surface area contributed by atoms with E-state index in [1.54, 1.807) is 14.2 Å². The van der Waals surface area contributed by atoms with Crippen LogP contribution in [-0.2, 0) is 11.3 Å². The Morgan fingerprint density at radius 1 is 1.07 bits per heavy atom. The molecule has 0 unspecified atom stereocenters. The maximum atomic E-state index is 5.76. The standard InChI is InChI=1S/C22H29N3O4/c1-23-22(25-18-8-9-20-21(15-18)29-13-5-12-28-20)24-16-17-6-3-7-19(14-17)27-11-4-10-26-2/h3,6-9,14-15H,4-5,10-13,16H2,1-2H3,(H2,23,24,25). The summed E-state index contributed by atoms with van der Waals surface area (Å²) in [4.78, 5) is 4.30. The highest BCUT2D eigenvalue weighted by Crippen LogP contribution is 2.32. The molecule has 0 amide bonds. The molecule has 0 saturated heterocycles. The summed E-state index contributed by atoms with van der Waals surface area (Å²) in [5, 5.41) is 6.61. The molecule has 2 N–H and O–H groups in total. The van der Waals surface area contributed by atoms with Crippen molar-refractivity contribution in [1.82, 2.24) is 5.32 Å². The Hall–Kier alpha value is -2.93. The monoisotopic (exact) mass is 399 g/mol. The number of benzene rings is 2. The maximum Gasteiger partial charge on any atom is 0.195 e. The zero-order chi connectivity index (χ0) is 20.3. The third-order valence-corrected chi connectivity index (χ3v) is 4.35. The first-order valence-corrected chi connectivity index (χ1v) is 9.86. The van der Waals surface area contributed by atoms with Crippen LogP contribution < -0.4 is 24.8 Å². The van der Waals surface area contributed by atoms with Crippen molar-refractivity contribution in [2.75, 3.05) is 45.9 Å². The van der Waals surface area contributed by atoms with E-state index in [9.17, 15) is 0 Å². The minimum absolute atomic E-state index is 0.625. The molecule has 2 aromatic rings. The van der Waals surface area contributed by atoms with E-state index in [4.69, 9.17) is 18.9 Å². The first-order chi connectivity index (χ1) is 14.3. The summed E-state index contributed by atoms with van der Waals surface area (Å²) >= 11 is 0. The van der Waals surface area contributed by atoms with E-state index in [1.165, 1.54) is 0 Å². The quantitative estimate of drug-likeness (QED) is 0.402. The van der Waals surface area contributed by atoms with Crippen molar-refractivity contribution in [2.24, 2.45) is 4.99 Å². The van der Waals surface area contributed by atoms with E-state index >= 15 is 0 Å². The zero-order valence-electron chi connectivity index (χ0n) is 17.1. The number of rotatable bonds is 8. The van der Waals surface area contributed by atoms with Gasteiger partial charge >= 0.3 is 0 Å². The first kappa shape index (κ1) is 20.8. The summed E-state index contributed by atoms with van der Waals surface area (Å²) < 4.78 is 22.2. The summed E-state index contributed by atoms with van der Waals surface area (Å²) in [6, 6.07) is 13.8. The third-order valence-electron chi connectivity index (χ3n) is 4.35. The number of nitrogens with one attached hydrogen (secondary N) is 2. The highest BCUT2D eigenvalue weighted by atomic mass is 16.5. The highest BCUT2D eigenvalue weighted by molar-refractivity contribution is 5.93. The average molecular weight is 399 g/mol. The van der Waals surface area contributed by atoms with Gasteiger partial charge in [0.25, 0.3) is 0 Å². The number of hydrogen-bond donors (Lipinski definition) is 2. The summed E-state index contributed by atoms with van der Waals surface area (Å²) in [6.45, 7) is 3.30. The molecule has 3 rings (SSSR count). The molecule has 0 aliphatic carbocycles. The lowest BCUT2D eigenvalue weighted by Crippen LogP contribution is -2.30. The van der Waals surface area contributed by atoms with Crippen molar-refractivity contribution in [3.63, 3.8) is 0 Å². The predicted octanol–water partition coefficient (Wildman–Crippen LogP) is 3.45. The van der Waals surface area contributed by atoms with Crippen LogP contribution in [-0.4, -0.2) is 46.5 Å². The Bertz CT molecular complexity index is 810. The molecule has 7 heteroatoms. The minimum Gasteiger partial charge on any atom is -0.493 e. The van der Waals surface area contributed by atoms with Crippen LogP contribution in [0.4, 0.5) is 5.69 Å². The van der Waals surface area contributed by atoms with Crippen LogP contribution in [0.3, 0.4) is 0 Å². The highest BCUT2D eigenvalue weighted by Gasteiger charge is 2.11. The maximum absolute atomic E-state index is 5.76. The molecule has 0 fully saturated rings. The number of guanidine groups is 1. The topological polar surface area (TPSA) is 73.3 Å². The van der Waals surface area contributed by atoms with Crippen LogP contribution in [0.5, 0.6) is 17.2 Å². The Balaban J connectivity index is 1.54. The normalized spacial score (nSPS) is 13.5. The fraction of sp³-hybridized carbons (Fsp3) is 0.409. The van der Waals surface area contributed by atoms with Gasteiger partial charge in [-0.2, -0.15) is 0 Å². The van der Waals surface area contributed by atoms with E-state index < -0.39 is 0 Å². The van der Waals surface area contributed by atoms with Crippen LogP contribution in [0.15, 0.2) is 47.5 Å². The second kappa shape index (κ2) is 11.2. The van der Waals surface area contributed by atoms with E-state index in [0.29, 0.717) is 38.9 Å². The molecule has 1 heterocycles. The van der Waals surface area contributed by atoms with Crippen LogP contribution in [0.2, 0.25) is 0 Å². The van der Waals surface area contributed by atoms with E-state index in [2.05, 4.69) is 21.7 Å². The van der Waals surface area contributed by atoms with E-state index in [0.717, 1.165) is 41.3 Å². The lowest BCUT2D eigenvalue weighted by Gasteiger charge is -2.14. The van der Waals surface area contributed by atoms with E-state index in [-0.39, 0.29) is 0 Å². The van der Waals surface area contributed by atoms with Crippen LogP contribution in [0.25, 0.3) is 0 Å². The molecular weight excluding hydrogens is 370 g/mol. The van der Waals surface area contributed by atoms with Gasteiger partial charge in [0.2, 0.25) is 0 Å². The van der Waals surface area contributed by atoms with Gasteiger partial charge in [-0.3, -0.25) is 4.99 Å². The summed E-state index contributed by atoms with van der Waals surface area (Å²) in [7, 11) is 3.44. The van der Waals surface area contributed by atoms with Gasteiger partial charge in [0, 0.05) is 51.9 Å². The second-order valence-corrected chi connectivity index (χ2v) is 6.60. The van der Waals surface area contributed by atoms with Crippen molar-refractivity contribution in [3.8, 4) is 17.2 Å². The third kappa shape index (κ3) is 6.57. The fourth-order valence-electron chi connectivity index (χ4n) is 2.88. The van der Waals surface area contributed by atoms with Crippen molar-refractivity contribution < 1.29 is 18.9 Å². The second-order valence-electron chi connectivity index (χ2n) is 6.60. The number of anilines is 1. The van der Waals surface area contributed by atoms with Gasteiger partial charge in [-0.25, -0.2) is 0 Å². The van der Waals surface area contributed by atoms with Crippen molar-refractivity contribution >= 4 is 11.6 Å². The molecule has 0 saturated carbocycles. The molecular formula is C22H29N3O4. The molecule has 7 nitrogen and oxygen atoms in total. The smallest absolute Gasteiger partial charge is 0.195 e. The van der Waals surface area contributed by atoms with Gasteiger partial charge in [0.1, 0.15) is 5.75 Å². The Labute approximate surface area is 172 Å². The van der Waals surface area contributed by atoms with Gasteiger partial charge in [-0.15, -0.1) is 0 Å². The number of methoxy groups -OCH3 is 1. The lowest BCUT2D eigenvalue weighted by atomic mass is 10.2. The first-order valence-electron chi connectivity index (χ1n) is 9.86. The molecule has 0 bridgehead atoms. The van der Waals surface area contributed by atoms with Gasteiger partial charge in [-0.05, 0) is 29.8 Å². The molecule has 0 radical (unpaired) electrons. The van der Waals surface area contributed by atoms with Gasteiger partial charge in [-0.1, -0.05) is 12.1 Å². The van der Waals surface area contributed by atoms with Crippen molar-refractivity contribution in [1.29, 1.82) is 0 Å². The number of fused-ring (bicyclic) bond motifs is 1. The molecule has 1 aliphatic heterocycles. The Kier molecular flexibility index (Phi) is 8.01. The number of hydrogen-bond acceptors (Lipinski definition) is 5. The van der Waals surface area contributed by atoms with E-state index in [1.807, 2.05) is 36.4 Å². The van der Waals surface area contributed by atoms with Crippen molar-refractivity contribution in [3.05, 3.63) is 48.0 Å². The largest absolute Gasteiger partial charge is 0.493 e. The van der Waals surface area contributed by atoms with Crippen LogP contribution in [0, 0.1) is 0 Å². The molecule has 1 aliphatic rings. The number of nitrogens with zero attached hydrogens (tertiary/aromatic N) is 1. The molecule has 2 aromatic carbocycles. The van der Waals surface area contributed by atoms with Gasteiger partial charge in [0.05, 0.1) is 19.8 Å². The average Bonchev–Trinajstić information content (AvgIpc) is 2.99. The molecule has 0 atom stereocenters. The lowest BCUT2D eigenvalue weighted by molar-refractivity contribution is 0.172. The summed E-state index contributed by atoms with van der Waals surface area (Å²) in [5.41, 5.74) is 1.99. The van der Waals surface area contributed by atoms with Crippen molar-refractivity contribution in [2.45, 2.75) is 19.4 Å². The van der Waals surface area contributed by atoms with Gasteiger partial charge < -0.3 is 29.6 Å². The van der Waals surface area contributed by atoms with Crippen LogP contribution in [0.1, 0.15) is 18.4 Å². The predicted molar refractivity (Wildman–Crippen MR) is 114 cm³/mol. The summed E-state index contributed by atoms with van der Waals surface area (Å²) in [5.74, 6) is 3.05. The molecule has 0 spiro atoms. The Morgan fingerprint density at radius 2 is 1.93 bits per heavy atom. The van der Waals surface area contributed by atoms with Gasteiger partial charge in [0.15, 0.2) is 17.5 Å². The number of ether oxygens (including phenoxy) is 4. The molecule has 156 valence electrons. The summed E-state index contributed by atoms with van der Waals surface area (Å²) in [6.07, 6.45) is 1.75. The Morgan fingerprint density at radius 3 is 2.76 bits per heavy atom. The minimum atomic E-state index is 0.625. The number of aliphatic imine (C=N–C) groups is 1. The van der Waals surface area contributed by atoms with Crippen LogP contribution >= 0.6 is 0 Å². The molecule has 29 heavy (non-hydrogen) atoms.